The highest BCUT2D eigenvalue weighted by Gasteiger charge is 2.42. The van der Waals surface area contributed by atoms with E-state index >= 15 is 0 Å². The Morgan fingerprint density at radius 2 is 2.00 bits per heavy atom. The molecule has 0 aromatic heterocycles. The molecule has 0 spiro atoms. The quantitative estimate of drug-likeness (QED) is 0.720. The van der Waals surface area contributed by atoms with Gasteiger partial charge in [-0.25, -0.2) is 0 Å². The molecule has 14 heavy (non-hydrogen) atoms. The number of hydrogen-bond acceptors (Lipinski definition) is 2. The summed E-state index contributed by atoms with van der Waals surface area (Å²) in [7, 11) is 0. The van der Waals surface area contributed by atoms with Gasteiger partial charge < -0.3 is 11.1 Å². The Bertz CT molecular complexity index is 200. The fourth-order valence-corrected chi connectivity index (χ4v) is 2.87. The van der Waals surface area contributed by atoms with Crippen molar-refractivity contribution >= 4 is 0 Å². The molecule has 2 saturated carbocycles. The van der Waals surface area contributed by atoms with Crippen LogP contribution in [0.1, 0.15) is 46.0 Å². The van der Waals surface area contributed by atoms with E-state index in [1.54, 1.807) is 0 Å². The van der Waals surface area contributed by atoms with Gasteiger partial charge in [0.05, 0.1) is 0 Å². The summed E-state index contributed by atoms with van der Waals surface area (Å²) in [5.41, 5.74) is 6.13. The van der Waals surface area contributed by atoms with Crippen molar-refractivity contribution in [3.05, 3.63) is 0 Å². The van der Waals surface area contributed by atoms with Crippen LogP contribution in [0.25, 0.3) is 0 Å². The third-order valence-corrected chi connectivity index (χ3v) is 4.13. The van der Waals surface area contributed by atoms with Gasteiger partial charge in [-0.2, -0.15) is 0 Å². The van der Waals surface area contributed by atoms with Crippen molar-refractivity contribution in [1.82, 2.24) is 5.32 Å². The second-order valence-electron chi connectivity index (χ2n) is 5.66. The summed E-state index contributed by atoms with van der Waals surface area (Å²) in [5.74, 6) is 1.76. The average molecular weight is 196 g/mol. The van der Waals surface area contributed by atoms with E-state index in [9.17, 15) is 0 Å². The van der Waals surface area contributed by atoms with E-state index < -0.39 is 0 Å². The van der Waals surface area contributed by atoms with Gasteiger partial charge in [-0.05, 0) is 50.9 Å². The Morgan fingerprint density at radius 1 is 1.29 bits per heavy atom. The molecule has 0 aromatic rings. The molecule has 82 valence electrons. The zero-order valence-corrected chi connectivity index (χ0v) is 9.55. The highest BCUT2D eigenvalue weighted by atomic mass is 15.0. The molecule has 2 fully saturated rings. The van der Waals surface area contributed by atoms with Gasteiger partial charge in [0.25, 0.3) is 0 Å². The van der Waals surface area contributed by atoms with Crippen LogP contribution in [0.5, 0.6) is 0 Å². The van der Waals surface area contributed by atoms with Crippen LogP contribution >= 0.6 is 0 Å². The summed E-state index contributed by atoms with van der Waals surface area (Å²) in [6.07, 6.45) is 6.85. The largest absolute Gasteiger partial charge is 0.329 e. The van der Waals surface area contributed by atoms with E-state index in [1.165, 1.54) is 32.1 Å². The minimum absolute atomic E-state index is 0.231. The van der Waals surface area contributed by atoms with E-state index in [0.717, 1.165) is 24.4 Å². The Morgan fingerprint density at radius 3 is 2.43 bits per heavy atom. The first-order chi connectivity index (χ1) is 6.64. The molecule has 3 atom stereocenters. The normalized spacial score (nSPS) is 37.1. The van der Waals surface area contributed by atoms with Gasteiger partial charge in [0.15, 0.2) is 0 Å². The molecule has 2 heteroatoms. The molecule has 0 heterocycles. The Balaban J connectivity index is 1.87. The fraction of sp³-hybridized carbons (Fsp3) is 1.00. The highest BCUT2D eigenvalue weighted by molar-refractivity contribution is 5.00. The van der Waals surface area contributed by atoms with Gasteiger partial charge in [-0.3, -0.25) is 0 Å². The van der Waals surface area contributed by atoms with E-state index in [0.29, 0.717) is 0 Å². The zero-order valence-electron chi connectivity index (χ0n) is 9.55. The van der Waals surface area contributed by atoms with Gasteiger partial charge in [-0.15, -0.1) is 0 Å². The van der Waals surface area contributed by atoms with Crippen molar-refractivity contribution in [3.63, 3.8) is 0 Å². The summed E-state index contributed by atoms with van der Waals surface area (Å²) >= 11 is 0. The molecular formula is C12H24N2. The maximum atomic E-state index is 5.90. The lowest BCUT2D eigenvalue weighted by atomic mass is 9.94. The van der Waals surface area contributed by atoms with Gasteiger partial charge in [-0.1, -0.05) is 6.92 Å². The molecule has 0 aliphatic heterocycles. The topological polar surface area (TPSA) is 38.0 Å². The second kappa shape index (κ2) is 3.82. The molecule has 2 aliphatic carbocycles. The van der Waals surface area contributed by atoms with Crippen LogP contribution in [-0.4, -0.2) is 18.1 Å². The van der Waals surface area contributed by atoms with Crippen molar-refractivity contribution in [2.24, 2.45) is 17.6 Å². The van der Waals surface area contributed by atoms with Crippen molar-refractivity contribution in [2.45, 2.75) is 57.5 Å². The minimum atomic E-state index is 0.231. The van der Waals surface area contributed by atoms with Crippen LogP contribution in [0.2, 0.25) is 0 Å². The van der Waals surface area contributed by atoms with Crippen LogP contribution in [0, 0.1) is 11.8 Å². The average Bonchev–Trinajstić information content (AvgIpc) is 2.93. The summed E-state index contributed by atoms with van der Waals surface area (Å²) in [6.45, 7) is 5.47. The summed E-state index contributed by atoms with van der Waals surface area (Å²) in [5, 5.41) is 3.81. The lowest BCUT2D eigenvalue weighted by molar-refractivity contribution is 0.277. The molecule has 2 aliphatic rings. The van der Waals surface area contributed by atoms with E-state index in [1.807, 2.05) is 0 Å². The molecule has 2 rings (SSSR count). The van der Waals surface area contributed by atoms with E-state index in [4.69, 9.17) is 5.73 Å². The van der Waals surface area contributed by atoms with Crippen LogP contribution in [0.4, 0.5) is 0 Å². The van der Waals surface area contributed by atoms with E-state index in [-0.39, 0.29) is 5.54 Å². The van der Waals surface area contributed by atoms with Crippen molar-refractivity contribution in [1.29, 1.82) is 0 Å². The minimum Gasteiger partial charge on any atom is -0.329 e. The molecule has 3 N–H and O–H groups in total. The Hall–Kier alpha value is -0.0800. The first-order valence-corrected chi connectivity index (χ1v) is 6.12. The maximum Gasteiger partial charge on any atom is 0.0306 e. The molecule has 0 amide bonds. The van der Waals surface area contributed by atoms with Crippen LogP contribution < -0.4 is 11.1 Å². The maximum absolute atomic E-state index is 5.90. The predicted octanol–water partition coefficient (Wildman–Crippen LogP) is 1.89. The third-order valence-electron chi connectivity index (χ3n) is 4.13. The van der Waals surface area contributed by atoms with Gasteiger partial charge in [0.2, 0.25) is 0 Å². The van der Waals surface area contributed by atoms with Gasteiger partial charge >= 0.3 is 0 Å². The Kier molecular flexibility index (Phi) is 2.85. The van der Waals surface area contributed by atoms with Crippen molar-refractivity contribution in [2.75, 3.05) is 6.54 Å². The predicted molar refractivity (Wildman–Crippen MR) is 60.1 cm³/mol. The summed E-state index contributed by atoms with van der Waals surface area (Å²) < 4.78 is 0. The molecule has 0 bridgehead atoms. The molecule has 2 nitrogen and oxygen atoms in total. The molecule has 0 saturated heterocycles. The Labute approximate surface area is 87.6 Å². The van der Waals surface area contributed by atoms with Crippen molar-refractivity contribution < 1.29 is 0 Å². The van der Waals surface area contributed by atoms with E-state index in [2.05, 4.69) is 19.2 Å². The zero-order chi connectivity index (χ0) is 10.2. The number of nitrogens with two attached hydrogens (primary N) is 1. The number of rotatable bonds is 4. The first-order valence-electron chi connectivity index (χ1n) is 6.12. The monoisotopic (exact) mass is 196 g/mol. The lowest BCUT2D eigenvalue weighted by Gasteiger charge is -2.33. The fourth-order valence-electron chi connectivity index (χ4n) is 2.87. The van der Waals surface area contributed by atoms with Crippen LogP contribution in [-0.2, 0) is 0 Å². The van der Waals surface area contributed by atoms with Crippen LogP contribution in [0.3, 0.4) is 0 Å². The lowest BCUT2D eigenvalue weighted by Crippen LogP contribution is -2.54. The number of nitrogens with one attached hydrogen (secondary N) is 1. The van der Waals surface area contributed by atoms with Gasteiger partial charge in [0.1, 0.15) is 0 Å². The third kappa shape index (κ3) is 2.12. The van der Waals surface area contributed by atoms with Crippen molar-refractivity contribution in [3.8, 4) is 0 Å². The second-order valence-corrected chi connectivity index (χ2v) is 5.66. The highest BCUT2D eigenvalue weighted by Crippen LogP contribution is 2.40. The number of hydrogen-bond donors (Lipinski definition) is 2. The molecular weight excluding hydrogens is 172 g/mol. The standard InChI is InChI=1S/C12H24N2/c1-9-3-6-11(7-9)14-12(2,8-13)10-4-5-10/h9-11,14H,3-8,13H2,1-2H3. The smallest absolute Gasteiger partial charge is 0.0306 e. The summed E-state index contributed by atoms with van der Waals surface area (Å²) in [6, 6.07) is 0.735. The SMILES string of the molecule is CC1CCC(NC(C)(CN)C2CC2)C1. The molecule has 0 radical (unpaired) electrons. The molecule has 0 aromatic carbocycles. The summed E-state index contributed by atoms with van der Waals surface area (Å²) in [4.78, 5) is 0. The molecule has 3 unspecified atom stereocenters. The van der Waals surface area contributed by atoms with Crippen LogP contribution in [0.15, 0.2) is 0 Å². The van der Waals surface area contributed by atoms with Gasteiger partial charge in [0, 0.05) is 18.1 Å². The first kappa shape index (κ1) is 10.4.